The van der Waals surface area contributed by atoms with Crippen molar-refractivity contribution < 1.29 is 4.79 Å². The largest absolute Gasteiger partial charge is 0.342 e. The van der Waals surface area contributed by atoms with Crippen molar-refractivity contribution in [1.82, 2.24) is 9.88 Å². The number of hydrogen-bond donors (Lipinski definition) is 0. The van der Waals surface area contributed by atoms with Crippen molar-refractivity contribution in [1.29, 1.82) is 5.26 Å². The van der Waals surface area contributed by atoms with E-state index in [0.717, 1.165) is 0 Å². The average molecular weight is 279 g/mol. The number of anilines is 1. The van der Waals surface area contributed by atoms with E-state index in [1.807, 2.05) is 24.8 Å². The van der Waals surface area contributed by atoms with E-state index in [4.69, 9.17) is 16.9 Å². The molecule has 0 saturated carbocycles. The number of carbonyl (C=O) groups is 1. The molecule has 100 valence electrons. The zero-order valence-corrected chi connectivity index (χ0v) is 11.9. The molecule has 1 aliphatic heterocycles. The summed E-state index contributed by atoms with van der Waals surface area (Å²) in [5, 5.41) is 9.24. The predicted octanol–water partition coefficient (Wildman–Crippen LogP) is 1.66. The topological polar surface area (TPSA) is 60.2 Å². The highest BCUT2D eigenvalue weighted by Crippen LogP contribution is 2.28. The van der Waals surface area contributed by atoms with Crippen LogP contribution in [-0.2, 0) is 4.79 Å². The zero-order valence-electron chi connectivity index (χ0n) is 11.1. The van der Waals surface area contributed by atoms with E-state index < -0.39 is 5.54 Å². The summed E-state index contributed by atoms with van der Waals surface area (Å²) in [4.78, 5) is 20.1. The molecule has 1 saturated heterocycles. The molecule has 0 aromatic carbocycles. The van der Waals surface area contributed by atoms with Crippen LogP contribution in [0.5, 0.6) is 0 Å². The van der Waals surface area contributed by atoms with Gasteiger partial charge in [-0.25, -0.2) is 4.98 Å². The molecule has 1 aromatic heterocycles. The van der Waals surface area contributed by atoms with Crippen LogP contribution in [-0.4, -0.2) is 41.5 Å². The van der Waals surface area contributed by atoms with Crippen molar-refractivity contribution in [2.45, 2.75) is 19.4 Å². The molecule has 0 N–H and O–H groups in total. The second kappa shape index (κ2) is 4.71. The third kappa shape index (κ3) is 2.36. The number of hydrogen-bond acceptors (Lipinski definition) is 4. The summed E-state index contributed by atoms with van der Waals surface area (Å²) >= 11 is 5.92. The van der Waals surface area contributed by atoms with E-state index in [0.29, 0.717) is 24.5 Å². The Morgan fingerprint density at radius 2 is 2.11 bits per heavy atom. The molecular weight excluding hydrogens is 264 g/mol. The van der Waals surface area contributed by atoms with Crippen LogP contribution in [0.4, 0.5) is 5.82 Å². The van der Waals surface area contributed by atoms with Crippen molar-refractivity contribution in [2.75, 3.05) is 25.0 Å². The first-order chi connectivity index (χ1) is 8.86. The molecule has 5 nitrogen and oxygen atoms in total. The number of nitriles is 1. The van der Waals surface area contributed by atoms with E-state index in [2.05, 4.69) is 4.98 Å². The number of likely N-dealkylation sites (N-methyl/N-ethyl adjacent to an activating group) is 1. The summed E-state index contributed by atoms with van der Waals surface area (Å²) in [5.74, 6) is 0.592. The fraction of sp³-hybridized carbons (Fsp3) is 0.462. The van der Waals surface area contributed by atoms with Crippen molar-refractivity contribution in [2.24, 2.45) is 0 Å². The van der Waals surface area contributed by atoms with Gasteiger partial charge < -0.3 is 9.80 Å². The second-order valence-corrected chi connectivity index (χ2v) is 5.47. The van der Waals surface area contributed by atoms with Crippen LogP contribution in [0, 0.1) is 11.3 Å². The lowest BCUT2D eigenvalue weighted by atomic mass is 9.97. The summed E-state index contributed by atoms with van der Waals surface area (Å²) in [7, 11) is 1.79. The van der Waals surface area contributed by atoms with Crippen molar-refractivity contribution >= 4 is 23.3 Å². The van der Waals surface area contributed by atoms with E-state index in [9.17, 15) is 4.79 Å². The Hall–Kier alpha value is -1.80. The van der Waals surface area contributed by atoms with Crippen LogP contribution in [0.1, 0.15) is 19.4 Å². The first kappa shape index (κ1) is 13.6. The number of rotatable bonds is 1. The van der Waals surface area contributed by atoms with E-state index in [-0.39, 0.29) is 11.1 Å². The molecule has 2 heterocycles. The number of halogens is 1. The Morgan fingerprint density at radius 3 is 2.74 bits per heavy atom. The zero-order chi connectivity index (χ0) is 14.2. The van der Waals surface area contributed by atoms with Crippen LogP contribution in [0.15, 0.2) is 12.1 Å². The molecule has 1 fully saturated rings. The SMILES string of the molecule is CN1CCN(c2cc(C#N)cc(Cl)n2)C(C)(C)C1=O. The first-order valence-corrected chi connectivity index (χ1v) is 6.35. The Labute approximate surface area is 117 Å². The van der Waals surface area contributed by atoms with E-state index in [1.54, 1.807) is 18.0 Å². The lowest BCUT2D eigenvalue weighted by molar-refractivity contribution is -0.136. The maximum atomic E-state index is 12.2. The van der Waals surface area contributed by atoms with Gasteiger partial charge in [-0.2, -0.15) is 5.26 Å². The van der Waals surface area contributed by atoms with Crippen LogP contribution in [0.2, 0.25) is 5.15 Å². The summed E-state index contributed by atoms with van der Waals surface area (Å²) < 4.78 is 0. The number of amides is 1. The molecule has 0 spiro atoms. The highest BCUT2D eigenvalue weighted by molar-refractivity contribution is 6.29. The first-order valence-electron chi connectivity index (χ1n) is 5.97. The third-order valence-electron chi connectivity index (χ3n) is 3.39. The van der Waals surface area contributed by atoms with Gasteiger partial charge in [0.05, 0.1) is 11.6 Å². The molecule has 1 aliphatic rings. The monoisotopic (exact) mass is 278 g/mol. The molecule has 19 heavy (non-hydrogen) atoms. The Bertz CT molecular complexity index is 564. The lowest BCUT2D eigenvalue weighted by Gasteiger charge is -2.45. The van der Waals surface area contributed by atoms with Gasteiger partial charge in [-0.15, -0.1) is 0 Å². The number of aromatic nitrogens is 1. The lowest BCUT2D eigenvalue weighted by Crippen LogP contribution is -2.62. The smallest absolute Gasteiger partial charge is 0.247 e. The van der Waals surface area contributed by atoms with Gasteiger partial charge in [-0.1, -0.05) is 11.6 Å². The van der Waals surface area contributed by atoms with Gasteiger partial charge in [0.15, 0.2) is 0 Å². The molecular formula is C13H15ClN4O. The summed E-state index contributed by atoms with van der Waals surface area (Å²) in [6, 6.07) is 5.22. The van der Waals surface area contributed by atoms with Crippen LogP contribution in [0.25, 0.3) is 0 Å². The molecule has 0 bridgehead atoms. The second-order valence-electron chi connectivity index (χ2n) is 5.09. The molecule has 0 unspecified atom stereocenters. The van der Waals surface area contributed by atoms with Crippen molar-refractivity contribution in [3.05, 3.63) is 22.8 Å². The van der Waals surface area contributed by atoms with Gasteiger partial charge in [0, 0.05) is 20.1 Å². The standard InChI is InChI=1S/C13H15ClN4O/c1-13(2)12(19)17(3)4-5-18(13)11-7-9(8-15)6-10(14)16-11/h6-7H,4-5H2,1-3H3. The average Bonchev–Trinajstić information content (AvgIpc) is 2.35. The van der Waals surface area contributed by atoms with E-state index in [1.165, 1.54) is 6.07 Å². The molecule has 1 amide bonds. The predicted molar refractivity (Wildman–Crippen MR) is 73.0 cm³/mol. The quantitative estimate of drug-likeness (QED) is 0.733. The fourth-order valence-electron chi connectivity index (χ4n) is 2.30. The minimum atomic E-state index is -0.697. The highest BCUT2D eigenvalue weighted by atomic mass is 35.5. The molecule has 1 aromatic rings. The van der Waals surface area contributed by atoms with Crippen LogP contribution < -0.4 is 4.90 Å². The number of nitrogens with zero attached hydrogens (tertiary/aromatic N) is 4. The fourth-order valence-corrected chi connectivity index (χ4v) is 2.50. The number of piperazine rings is 1. The molecule has 6 heteroatoms. The Balaban J connectivity index is 2.44. The third-order valence-corrected chi connectivity index (χ3v) is 3.58. The van der Waals surface area contributed by atoms with Gasteiger partial charge in [-0.05, 0) is 26.0 Å². The highest BCUT2D eigenvalue weighted by Gasteiger charge is 2.41. The van der Waals surface area contributed by atoms with Gasteiger partial charge in [-0.3, -0.25) is 4.79 Å². The van der Waals surface area contributed by atoms with Crippen molar-refractivity contribution in [3.8, 4) is 6.07 Å². The van der Waals surface area contributed by atoms with Gasteiger partial charge in [0.1, 0.15) is 16.5 Å². The molecule has 0 radical (unpaired) electrons. The summed E-state index contributed by atoms with van der Waals surface area (Å²) in [6.07, 6.45) is 0. The number of carbonyl (C=O) groups excluding carboxylic acids is 1. The molecule has 0 aliphatic carbocycles. The van der Waals surface area contributed by atoms with Crippen LogP contribution in [0.3, 0.4) is 0 Å². The van der Waals surface area contributed by atoms with Crippen molar-refractivity contribution in [3.63, 3.8) is 0 Å². The minimum Gasteiger partial charge on any atom is -0.342 e. The maximum absolute atomic E-state index is 12.2. The Morgan fingerprint density at radius 1 is 1.42 bits per heavy atom. The maximum Gasteiger partial charge on any atom is 0.247 e. The van der Waals surface area contributed by atoms with Gasteiger partial charge >= 0.3 is 0 Å². The van der Waals surface area contributed by atoms with Gasteiger partial charge in [0.2, 0.25) is 5.91 Å². The van der Waals surface area contributed by atoms with Crippen LogP contribution >= 0.6 is 11.6 Å². The normalized spacial score (nSPS) is 18.4. The van der Waals surface area contributed by atoms with E-state index >= 15 is 0 Å². The summed E-state index contributed by atoms with van der Waals surface area (Å²) in [5.41, 5.74) is -0.255. The van der Waals surface area contributed by atoms with Gasteiger partial charge in [0.25, 0.3) is 0 Å². The number of pyridine rings is 1. The molecule has 0 atom stereocenters. The minimum absolute atomic E-state index is 0.0269. The summed E-state index contributed by atoms with van der Waals surface area (Å²) in [6.45, 7) is 4.98. The Kier molecular flexibility index (Phi) is 3.38. The molecule has 2 rings (SSSR count).